The van der Waals surface area contributed by atoms with E-state index in [0.29, 0.717) is 0 Å². The Hall–Kier alpha value is -1.92. The number of nitrogens with two attached hydrogens (primary N) is 1. The number of hydrogen-bond acceptors (Lipinski definition) is 3. The quantitative estimate of drug-likeness (QED) is 0.820. The fraction of sp³-hybridized carbons (Fsp3) is 0.562. The summed E-state index contributed by atoms with van der Waals surface area (Å²) >= 11 is 0. The summed E-state index contributed by atoms with van der Waals surface area (Å²) < 4.78 is 44.7. The van der Waals surface area contributed by atoms with E-state index in [4.69, 9.17) is 10.5 Å². The Morgan fingerprint density at radius 1 is 1.13 bits per heavy atom. The SMILES string of the molecule is CC(C)(C)OC(=O)NCC(C)(C)c1ccc(N)cc1C(F)(F)F. The average Bonchev–Trinajstić information content (AvgIpc) is 2.33. The van der Waals surface area contributed by atoms with Gasteiger partial charge in [-0.1, -0.05) is 19.9 Å². The Balaban J connectivity index is 2.99. The number of halogens is 3. The molecule has 0 atom stereocenters. The Bertz CT molecular complexity index is 576. The fourth-order valence-electron chi connectivity index (χ4n) is 2.09. The minimum atomic E-state index is -4.52. The summed E-state index contributed by atoms with van der Waals surface area (Å²) in [7, 11) is 0. The highest BCUT2D eigenvalue weighted by Gasteiger charge is 2.38. The number of alkyl halides is 3. The molecule has 1 amide bonds. The first kappa shape index (κ1) is 19.1. The molecular formula is C16H23F3N2O2. The number of ether oxygens (including phenoxy) is 1. The maximum atomic E-state index is 13.2. The van der Waals surface area contributed by atoms with Crippen LogP contribution in [-0.2, 0) is 16.3 Å². The standard InChI is InChI=1S/C16H23F3N2O2/c1-14(2,3)23-13(22)21-9-15(4,5)11-7-6-10(20)8-12(11)16(17,18)19/h6-8H,9,20H2,1-5H3,(H,21,22). The van der Waals surface area contributed by atoms with Crippen LogP contribution in [0.3, 0.4) is 0 Å². The third-order valence-electron chi connectivity index (χ3n) is 3.15. The van der Waals surface area contributed by atoms with E-state index in [0.717, 1.165) is 6.07 Å². The zero-order valence-electron chi connectivity index (χ0n) is 14.0. The molecular weight excluding hydrogens is 309 g/mol. The number of carbonyl (C=O) groups excluding carboxylic acids is 1. The van der Waals surface area contributed by atoms with Gasteiger partial charge >= 0.3 is 12.3 Å². The van der Waals surface area contributed by atoms with Crippen molar-refractivity contribution in [3.05, 3.63) is 29.3 Å². The molecule has 23 heavy (non-hydrogen) atoms. The van der Waals surface area contributed by atoms with Crippen LogP contribution in [0.25, 0.3) is 0 Å². The van der Waals surface area contributed by atoms with Crippen molar-refractivity contribution in [2.24, 2.45) is 0 Å². The molecule has 130 valence electrons. The van der Waals surface area contributed by atoms with Gasteiger partial charge in [-0.2, -0.15) is 13.2 Å². The largest absolute Gasteiger partial charge is 0.444 e. The molecule has 0 aliphatic heterocycles. The number of carbonyl (C=O) groups is 1. The van der Waals surface area contributed by atoms with E-state index < -0.39 is 28.8 Å². The highest BCUT2D eigenvalue weighted by Crippen LogP contribution is 2.38. The third kappa shape index (κ3) is 5.65. The van der Waals surface area contributed by atoms with E-state index in [-0.39, 0.29) is 17.8 Å². The number of rotatable bonds is 3. The highest BCUT2D eigenvalue weighted by molar-refractivity contribution is 5.68. The van der Waals surface area contributed by atoms with Crippen LogP contribution in [0.15, 0.2) is 18.2 Å². The first-order valence-electron chi connectivity index (χ1n) is 7.16. The van der Waals surface area contributed by atoms with Crippen LogP contribution in [0.1, 0.15) is 45.7 Å². The topological polar surface area (TPSA) is 64.3 Å². The first-order valence-corrected chi connectivity index (χ1v) is 7.16. The van der Waals surface area contributed by atoms with Crippen molar-refractivity contribution in [2.75, 3.05) is 12.3 Å². The Labute approximate surface area is 134 Å². The zero-order chi connectivity index (χ0) is 18.1. The zero-order valence-corrected chi connectivity index (χ0v) is 14.0. The predicted molar refractivity (Wildman–Crippen MR) is 83.1 cm³/mol. The molecule has 3 N–H and O–H groups in total. The van der Waals surface area contributed by atoms with Gasteiger partial charge in [-0.3, -0.25) is 0 Å². The van der Waals surface area contributed by atoms with Gasteiger partial charge in [0.2, 0.25) is 0 Å². The number of anilines is 1. The van der Waals surface area contributed by atoms with Crippen LogP contribution in [0.4, 0.5) is 23.7 Å². The summed E-state index contributed by atoms with van der Waals surface area (Å²) in [4.78, 5) is 11.7. The lowest BCUT2D eigenvalue weighted by Crippen LogP contribution is -2.40. The molecule has 0 saturated carbocycles. The molecule has 7 heteroatoms. The van der Waals surface area contributed by atoms with Gasteiger partial charge in [0.25, 0.3) is 0 Å². The van der Waals surface area contributed by atoms with E-state index >= 15 is 0 Å². The lowest BCUT2D eigenvalue weighted by atomic mass is 9.81. The van der Waals surface area contributed by atoms with Crippen molar-refractivity contribution in [1.29, 1.82) is 0 Å². The smallest absolute Gasteiger partial charge is 0.416 e. The van der Waals surface area contributed by atoms with Gasteiger partial charge in [-0.25, -0.2) is 4.79 Å². The van der Waals surface area contributed by atoms with Gasteiger partial charge in [-0.15, -0.1) is 0 Å². The molecule has 0 heterocycles. The van der Waals surface area contributed by atoms with Crippen LogP contribution in [0, 0.1) is 0 Å². The molecule has 0 bridgehead atoms. The van der Waals surface area contributed by atoms with Crippen LogP contribution >= 0.6 is 0 Å². The number of hydrogen-bond donors (Lipinski definition) is 2. The molecule has 1 aromatic carbocycles. The van der Waals surface area contributed by atoms with E-state index in [1.807, 2.05) is 0 Å². The fourth-order valence-corrected chi connectivity index (χ4v) is 2.09. The van der Waals surface area contributed by atoms with Crippen LogP contribution in [-0.4, -0.2) is 18.2 Å². The van der Waals surface area contributed by atoms with Gasteiger partial charge < -0.3 is 15.8 Å². The second kappa shape index (κ2) is 6.29. The predicted octanol–water partition coefficient (Wildman–Crippen LogP) is 4.09. The minimum absolute atomic E-state index is 0.00505. The summed E-state index contributed by atoms with van der Waals surface area (Å²) in [6, 6.07) is 3.67. The molecule has 4 nitrogen and oxygen atoms in total. The van der Waals surface area contributed by atoms with Gasteiger partial charge in [-0.05, 0) is 38.5 Å². The van der Waals surface area contributed by atoms with E-state index in [2.05, 4.69) is 5.32 Å². The molecule has 1 aromatic rings. The second-order valence-electron chi connectivity index (χ2n) is 7.04. The summed E-state index contributed by atoms with van der Waals surface area (Å²) in [6.45, 7) is 8.35. The van der Waals surface area contributed by atoms with Crippen LogP contribution in [0.5, 0.6) is 0 Å². The summed E-state index contributed by atoms with van der Waals surface area (Å²) in [5, 5.41) is 2.51. The normalized spacial score (nSPS) is 12.9. The highest BCUT2D eigenvalue weighted by atomic mass is 19.4. The van der Waals surface area contributed by atoms with Crippen molar-refractivity contribution in [2.45, 2.75) is 51.8 Å². The monoisotopic (exact) mass is 332 g/mol. The Kier molecular flexibility index (Phi) is 5.23. The third-order valence-corrected chi connectivity index (χ3v) is 3.15. The van der Waals surface area contributed by atoms with Gasteiger partial charge in [0.05, 0.1) is 5.56 Å². The Morgan fingerprint density at radius 3 is 2.17 bits per heavy atom. The molecule has 0 unspecified atom stereocenters. The summed E-state index contributed by atoms with van der Waals surface area (Å²) in [5.41, 5.74) is 3.15. The average molecular weight is 332 g/mol. The molecule has 0 aromatic heterocycles. The van der Waals surface area contributed by atoms with Crippen molar-refractivity contribution in [3.8, 4) is 0 Å². The van der Waals surface area contributed by atoms with E-state index in [1.165, 1.54) is 12.1 Å². The number of nitrogen functional groups attached to an aromatic ring is 1. The van der Waals surface area contributed by atoms with E-state index in [1.54, 1.807) is 34.6 Å². The molecule has 1 rings (SSSR count). The van der Waals surface area contributed by atoms with Gasteiger partial charge in [0, 0.05) is 17.6 Å². The number of nitrogens with one attached hydrogen (secondary N) is 1. The van der Waals surface area contributed by atoms with Crippen LogP contribution in [0.2, 0.25) is 0 Å². The molecule has 0 saturated heterocycles. The lowest BCUT2D eigenvalue weighted by molar-refractivity contribution is -0.138. The van der Waals surface area contributed by atoms with E-state index in [9.17, 15) is 18.0 Å². The van der Waals surface area contributed by atoms with Crippen molar-refractivity contribution in [3.63, 3.8) is 0 Å². The number of alkyl carbamates (subject to hydrolysis) is 1. The van der Waals surface area contributed by atoms with Crippen molar-refractivity contribution < 1.29 is 22.7 Å². The second-order valence-corrected chi connectivity index (χ2v) is 7.04. The molecule has 0 radical (unpaired) electrons. The molecule has 0 spiro atoms. The summed E-state index contributed by atoms with van der Waals surface area (Å²) in [6.07, 6.45) is -5.19. The summed E-state index contributed by atoms with van der Waals surface area (Å²) in [5.74, 6) is 0. The van der Waals surface area contributed by atoms with Gasteiger partial charge in [0.1, 0.15) is 5.60 Å². The molecule has 0 aliphatic carbocycles. The minimum Gasteiger partial charge on any atom is -0.444 e. The Morgan fingerprint density at radius 2 is 1.70 bits per heavy atom. The van der Waals surface area contributed by atoms with Crippen molar-refractivity contribution >= 4 is 11.8 Å². The lowest BCUT2D eigenvalue weighted by Gasteiger charge is -2.29. The molecule has 0 fully saturated rings. The molecule has 0 aliphatic rings. The first-order chi connectivity index (χ1) is 10.2. The number of benzene rings is 1. The van der Waals surface area contributed by atoms with Gasteiger partial charge in [0.15, 0.2) is 0 Å². The maximum absolute atomic E-state index is 13.2. The van der Waals surface area contributed by atoms with Crippen LogP contribution < -0.4 is 11.1 Å². The van der Waals surface area contributed by atoms with Crippen molar-refractivity contribution in [1.82, 2.24) is 5.32 Å². The maximum Gasteiger partial charge on any atom is 0.416 e. The number of amides is 1.